The molecule has 1 aromatic carbocycles. The van der Waals surface area contributed by atoms with E-state index >= 15 is 0 Å². The molecule has 1 aliphatic carbocycles. The highest BCUT2D eigenvalue weighted by Crippen LogP contribution is 2.46. The van der Waals surface area contributed by atoms with Gasteiger partial charge in [0.1, 0.15) is 5.82 Å². The van der Waals surface area contributed by atoms with E-state index in [0.29, 0.717) is 29.5 Å². The molecule has 0 bridgehead atoms. The summed E-state index contributed by atoms with van der Waals surface area (Å²) >= 11 is 16.8. The quantitative estimate of drug-likeness (QED) is 0.338. The second-order valence-corrected chi connectivity index (χ2v) is 7.60. The molecule has 1 heterocycles. The molecule has 0 amide bonds. The first kappa shape index (κ1) is 21.1. The largest absolute Gasteiger partial charge is 0.436 e. The van der Waals surface area contributed by atoms with Crippen LogP contribution in [0.15, 0.2) is 18.2 Å². The molecule has 11 heteroatoms. The fourth-order valence-corrected chi connectivity index (χ4v) is 3.53. The van der Waals surface area contributed by atoms with Gasteiger partial charge in [-0.05, 0) is 49.7 Å². The minimum atomic E-state index is -4.58. The van der Waals surface area contributed by atoms with Gasteiger partial charge in [-0.2, -0.15) is 18.3 Å². The summed E-state index contributed by atoms with van der Waals surface area (Å²) in [5.74, 6) is -0.497. The van der Waals surface area contributed by atoms with E-state index in [0.717, 1.165) is 12.8 Å². The van der Waals surface area contributed by atoms with Crippen molar-refractivity contribution in [3.63, 3.8) is 0 Å². The van der Waals surface area contributed by atoms with E-state index in [1.54, 1.807) is 0 Å². The number of benzene rings is 1. The molecule has 28 heavy (non-hydrogen) atoms. The topological polar surface area (TPSA) is 41.9 Å². The van der Waals surface area contributed by atoms with Crippen LogP contribution in [0.25, 0.3) is 0 Å². The second-order valence-electron chi connectivity index (χ2n) is 6.41. The zero-order valence-electron chi connectivity index (χ0n) is 14.4. The van der Waals surface area contributed by atoms with Crippen molar-refractivity contribution in [1.82, 2.24) is 15.1 Å². The minimum Gasteiger partial charge on any atom is -0.362 e. The maximum Gasteiger partial charge on any atom is 0.436 e. The summed E-state index contributed by atoms with van der Waals surface area (Å²) in [5.41, 5.74) is -0.0568. The lowest BCUT2D eigenvalue weighted by molar-refractivity contribution is -0.141. The van der Waals surface area contributed by atoms with Crippen LogP contribution in [0, 0.1) is 5.82 Å². The number of nitrogens with zero attached hydrogens (tertiary/aromatic N) is 2. The highest BCUT2D eigenvalue weighted by Gasteiger charge is 2.41. The normalized spacial score (nSPS) is 14.2. The van der Waals surface area contributed by atoms with Crippen LogP contribution >= 0.6 is 35.4 Å². The van der Waals surface area contributed by atoms with Gasteiger partial charge in [-0.15, -0.1) is 0 Å². The third-order valence-electron chi connectivity index (χ3n) is 4.17. The molecule has 4 nitrogen and oxygen atoms in total. The van der Waals surface area contributed by atoms with E-state index in [1.165, 1.54) is 22.9 Å². The SMILES string of the molecule is Fc1ccc(NC(=S)NCCCn2nc(C(F)(F)F)c(Cl)c2C2CC2)cc1Cl. The molecule has 0 aliphatic heterocycles. The number of alkyl halides is 3. The van der Waals surface area contributed by atoms with Crippen LogP contribution in [-0.4, -0.2) is 21.4 Å². The first-order chi connectivity index (χ1) is 13.2. The van der Waals surface area contributed by atoms with Gasteiger partial charge in [-0.3, -0.25) is 4.68 Å². The van der Waals surface area contributed by atoms with Crippen molar-refractivity contribution < 1.29 is 17.6 Å². The van der Waals surface area contributed by atoms with E-state index < -0.39 is 17.7 Å². The van der Waals surface area contributed by atoms with Crippen LogP contribution in [0.4, 0.5) is 23.2 Å². The van der Waals surface area contributed by atoms with E-state index in [9.17, 15) is 17.6 Å². The van der Waals surface area contributed by atoms with Gasteiger partial charge in [0.05, 0.1) is 15.7 Å². The molecule has 1 aliphatic rings. The molecule has 0 unspecified atom stereocenters. The first-order valence-corrected chi connectivity index (χ1v) is 9.66. The number of aromatic nitrogens is 2. The van der Waals surface area contributed by atoms with Crippen molar-refractivity contribution >= 4 is 46.2 Å². The molecule has 2 aromatic rings. The number of hydrogen-bond acceptors (Lipinski definition) is 2. The highest BCUT2D eigenvalue weighted by molar-refractivity contribution is 7.80. The Labute approximate surface area is 174 Å². The van der Waals surface area contributed by atoms with E-state index in [1.807, 2.05) is 0 Å². The van der Waals surface area contributed by atoms with Crippen molar-refractivity contribution in [2.75, 3.05) is 11.9 Å². The summed E-state index contributed by atoms with van der Waals surface area (Å²) in [6.07, 6.45) is -2.46. The smallest absolute Gasteiger partial charge is 0.362 e. The first-order valence-electron chi connectivity index (χ1n) is 8.50. The summed E-state index contributed by atoms with van der Waals surface area (Å²) in [6, 6.07) is 4.10. The molecule has 0 spiro atoms. The van der Waals surface area contributed by atoms with Gasteiger partial charge >= 0.3 is 6.18 Å². The molecule has 3 rings (SSSR count). The third-order valence-corrected chi connectivity index (χ3v) is 5.08. The Balaban J connectivity index is 1.53. The lowest BCUT2D eigenvalue weighted by Gasteiger charge is -2.12. The zero-order valence-corrected chi connectivity index (χ0v) is 16.7. The van der Waals surface area contributed by atoms with Crippen LogP contribution < -0.4 is 10.6 Å². The summed E-state index contributed by atoms with van der Waals surface area (Å²) in [4.78, 5) is 0. The van der Waals surface area contributed by atoms with Crippen molar-refractivity contribution in [2.45, 2.75) is 37.9 Å². The lowest BCUT2D eigenvalue weighted by atomic mass is 10.2. The van der Waals surface area contributed by atoms with E-state index in [2.05, 4.69) is 15.7 Å². The standard InChI is InChI=1S/C17H16Cl2F4N4S/c18-11-8-10(4-5-12(11)20)25-16(28)24-6-1-7-27-14(9-2-3-9)13(19)15(26-27)17(21,22)23/h4-5,8-9H,1-3,6-7H2,(H2,24,25,28). The van der Waals surface area contributed by atoms with Crippen LogP contribution in [-0.2, 0) is 12.7 Å². The third kappa shape index (κ3) is 5.07. The van der Waals surface area contributed by atoms with Gasteiger partial charge < -0.3 is 10.6 Å². The number of anilines is 1. The van der Waals surface area contributed by atoms with Crippen LogP contribution in [0.2, 0.25) is 10.0 Å². The molecular weight excluding hydrogens is 439 g/mol. The van der Waals surface area contributed by atoms with Crippen LogP contribution in [0.1, 0.15) is 36.6 Å². The van der Waals surface area contributed by atoms with Gasteiger partial charge in [-0.25, -0.2) is 4.39 Å². The predicted octanol–water partition coefficient (Wildman–Crippen LogP) is 5.60. The number of hydrogen-bond donors (Lipinski definition) is 2. The Bertz CT molecular complexity index is 881. The molecule has 2 N–H and O–H groups in total. The Hall–Kier alpha value is -1.58. The maximum atomic E-state index is 13.1. The minimum absolute atomic E-state index is 0.0311. The summed E-state index contributed by atoms with van der Waals surface area (Å²) in [6.45, 7) is 0.684. The zero-order chi connectivity index (χ0) is 20.5. The molecular formula is C17H16Cl2F4N4S. The van der Waals surface area contributed by atoms with Crippen LogP contribution in [0.5, 0.6) is 0 Å². The number of rotatable bonds is 6. The molecule has 1 fully saturated rings. The van der Waals surface area contributed by atoms with Gasteiger partial charge in [0, 0.05) is 24.7 Å². The van der Waals surface area contributed by atoms with Crippen molar-refractivity contribution in [2.24, 2.45) is 0 Å². The Morgan fingerprint density at radius 1 is 1.29 bits per heavy atom. The predicted molar refractivity (Wildman–Crippen MR) is 104 cm³/mol. The highest BCUT2D eigenvalue weighted by atomic mass is 35.5. The average Bonchev–Trinajstić information content (AvgIpc) is 3.37. The number of aryl methyl sites for hydroxylation is 1. The van der Waals surface area contributed by atoms with Crippen molar-refractivity contribution in [3.8, 4) is 0 Å². The number of nitrogens with one attached hydrogen (secondary N) is 2. The molecule has 1 saturated carbocycles. The van der Waals surface area contributed by atoms with Gasteiger partial charge in [0.25, 0.3) is 0 Å². The lowest BCUT2D eigenvalue weighted by Crippen LogP contribution is -2.30. The Morgan fingerprint density at radius 3 is 2.61 bits per heavy atom. The van der Waals surface area contributed by atoms with Gasteiger partial charge in [0.15, 0.2) is 10.8 Å². The molecule has 0 radical (unpaired) electrons. The maximum absolute atomic E-state index is 13.1. The van der Waals surface area contributed by atoms with Crippen LogP contribution in [0.3, 0.4) is 0 Å². The fraction of sp³-hybridized carbons (Fsp3) is 0.412. The number of halogens is 6. The second kappa shape index (κ2) is 8.42. The Morgan fingerprint density at radius 2 is 2.00 bits per heavy atom. The average molecular weight is 455 g/mol. The van der Waals surface area contributed by atoms with Crippen molar-refractivity contribution in [1.29, 1.82) is 0 Å². The van der Waals surface area contributed by atoms with Gasteiger partial charge in [0.2, 0.25) is 0 Å². The molecule has 152 valence electrons. The van der Waals surface area contributed by atoms with Crippen molar-refractivity contribution in [3.05, 3.63) is 45.4 Å². The summed E-state index contributed by atoms with van der Waals surface area (Å²) < 4.78 is 53.6. The summed E-state index contributed by atoms with van der Waals surface area (Å²) in [5, 5.41) is 9.44. The number of thiocarbonyl (C=S) groups is 1. The van der Waals surface area contributed by atoms with Gasteiger partial charge in [-0.1, -0.05) is 23.2 Å². The molecule has 0 atom stereocenters. The Kier molecular flexibility index (Phi) is 6.36. The fourth-order valence-electron chi connectivity index (χ4n) is 2.73. The van der Waals surface area contributed by atoms with E-state index in [-0.39, 0.29) is 22.5 Å². The van der Waals surface area contributed by atoms with E-state index in [4.69, 9.17) is 35.4 Å². The monoisotopic (exact) mass is 454 g/mol. The molecule has 1 aromatic heterocycles. The summed E-state index contributed by atoms with van der Waals surface area (Å²) in [7, 11) is 0. The molecule has 0 saturated heterocycles.